The normalized spacial score (nSPS) is 49.8. The Bertz CT molecular complexity index is 1240. The maximum Gasteiger partial charge on any atom is 0.316 e. The molecule has 4 aliphatic heterocycles. The van der Waals surface area contributed by atoms with Gasteiger partial charge in [0.2, 0.25) is 0 Å². The second kappa shape index (κ2) is 15.3. The van der Waals surface area contributed by atoms with Crippen LogP contribution in [0, 0.1) is 17.8 Å². The Kier molecular flexibility index (Phi) is 12.6. The van der Waals surface area contributed by atoms with Crippen LogP contribution in [0.1, 0.15) is 94.9 Å². The van der Waals surface area contributed by atoms with Crippen molar-refractivity contribution in [3.8, 4) is 0 Å². The molecule has 3 fully saturated rings. The number of carbonyl (C=O) groups excluding carboxylic acids is 1. The summed E-state index contributed by atoms with van der Waals surface area (Å²) in [5, 5.41) is 34.7. The molecule has 4 rings (SSSR count). The van der Waals surface area contributed by atoms with Crippen molar-refractivity contribution in [2.24, 2.45) is 17.8 Å². The Hall–Kier alpha value is -1.45. The minimum atomic E-state index is -1.65. The molecule has 12 heteroatoms. The zero-order valence-electron chi connectivity index (χ0n) is 31.9. The fourth-order valence-corrected chi connectivity index (χ4v) is 8.44. The summed E-state index contributed by atoms with van der Waals surface area (Å²) in [5.41, 5.74) is -0.807. The fraction of sp³-hybridized carbons (Fsp3) is 0.865. The Morgan fingerprint density at radius 2 is 1.67 bits per heavy atom. The van der Waals surface area contributed by atoms with Crippen molar-refractivity contribution in [1.29, 1.82) is 0 Å². The first-order valence-corrected chi connectivity index (χ1v) is 17.9. The number of methoxy groups -OCH3 is 1. The van der Waals surface area contributed by atoms with E-state index in [0.29, 0.717) is 36.2 Å². The van der Waals surface area contributed by atoms with Crippen LogP contribution in [0.4, 0.5) is 0 Å². The van der Waals surface area contributed by atoms with Gasteiger partial charge in [-0.15, -0.1) is 0 Å². The summed E-state index contributed by atoms with van der Waals surface area (Å²) in [4.78, 5) is 16.0. The van der Waals surface area contributed by atoms with Crippen LogP contribution >= 0.6 is 0 Å². The van der Waals surface area contributed by atoms with Gasteiger partial charge in [0.25, 0.3) is 0 Å². The van der Waals surface area contributed by atoms with Crippen molar-refractivity contribution in [3.05, 3.63) is 23.0 Å². The molecule has 3 saturated heterocycles. The second-order valence-electron chi connectivity index (χ2n) is 15.7. The van der Waals surface area contributed by atoms with Gasteiger partial charge in [-0.2, -0.15) is 0 Å². The number of rotatable bonds is 7. The first kappa shape index (κ1) is 40.3. The smallest absolute Gasteiger partial charge is 0.316 e. The highest BCUT2D eigenvalue weighted by molar-refractivity contribution is 5.74. The van der Waals surface area contributed by atoms with Gasteiger partial charge in [0.1, 0.15) is 18.0 Å². The van der Waals surface area contributed by atoms with Gasteiger partial charge in [-0.25, -0.2) is 0 Å². The average Bonchev–Trinajstić information content (AvgIpc) is 3.28. The topological polar surface area (TPSA) is 146 Å². The van der Waals surface area contributed by atoms with Crippen LogP contribution in [-0.2, 0) is 38.0 Å². The van der Waals surface area contributed by atoms with Gasteiger partial charge in [-0.1, -0.05) is 26.8 Å². The standard InChI is InChI=1S/C37H63NO11/c1-14-27-19(2)15-20(3)37(42)21(4)17-36(10,49-37)32(48-34-29(39)26(38(11)12)16-22(5)44-34)23(6)30(24(7)33(41)46-27)47-28-18-35(9,43-13)31(40)25(8)45-28/h15,21-26,28-32,34,39-40,42H,14,16-18H2,1-13H3/b20-15+,27-19-/t21-,22-,23+,24-,25?,26+,28+,29-,30+,31+,32-,34+,35?,36?,37?/m1/s1. The summed E-state index contributed by atoms with van der Waals surface area (Å²) in [6, 6.07) is -0.227. The predicted molar refractivity (Wildman–Crippen MR) is 182 cm³/mol. The summed E-state index contributed by atoms with van der Waals surface area (Å²) in [6.45, 7) is 18.6. The number of nitrogens with zero attached hydrogens (tertiary/aromatic N) is 1. The predicted octanol–water partition coefficient (Wildman–Crippen LogP) is 4.05. The molecule has 0 amide bonds. The van der Waals surface area contributed by atoms with E-state index in [9.17, 15) is 20.1 Å². The highest BCUT2D eigenvalue weighted by Gasteiger charge is 2.59. The van der Waals surface area contributed by atoms with Gasteiger partial charge in [0.05, 0.1) is 41.5 Å². The molecule has 4 unspecified atom stereocenters. The van der Waals surface area contributed by atoms with Crippen LogP contribution in [0.5, 0.6) is 0 Å². The van der Waals surface area contributed by atoms with E-state index in [1.807, 2.05) is 73.5 Å². The van der Waals surface area contributed by atoms with E-state index in [1.165, 1.54) is 0 Å². The van der Waals surface area contributed by atoms with E-state index < -0.39 is 77.9 Å². The third-order valence-corrected chi connectivity index (χ3v) is 11.6. The molecule has 15 atom stereocenters. The van der Waals surface area contributed by atoms with Gasteiger partial charge in [-0.3, -0.25) is 4.79 Å². The second-order valence-corrected chi connectivity index (χ2v) is 15.7. The molecule has 4 heterocycles. The largest absolute Gasteiger partial charge is 0.431 e. The average molecular weight is 698 g/mol. The van der Waals surface area contributed by atoms with Crippen molar-refractivity contribution in [2.45, 2.75) is 167 Å². The molecule has 2 bridgehead atoms. The SMILES string of the molecule is CC/C1=C(C)/C=C(\C)C2(O)OC(C)(C[C@H]2C)[C@H](O[C@@H]2O[C@H](C)C[C@H](N(C)C)[C@H]2O)[C@@H](C)[C@H](O[C@H]2CC(C)(OC)[C@@H](O)C(C)O2)[C@@H](C)C(=O)O1. The number of carbonyl (C=O) groups is 1. The Labute approximate surface area is 293 Å². The lowest BCUT2D eigenvalue weighted by Crippen LogP contribution is -2.60. The maximum absolute atomic E-state index is 14.0. The lowest BCUT2D eigenvalue weighted by atomic mass is 9.78. The van der Waals surface area contributed by atoms with Crippen molar-refractivity contribution < 1.29 is 53.3 Å². The number of allylic oxidation sites excluding steroid dienone is 3. The van der Waals surface area contributed by atoms with Gasteiger partial charge in [0, 0.05) is 37.8 Å². The molecule has 12 nitrogen and oxygen atoms in total. The van der Waals surface area contributed by atoms with Crippen LogP contribution < -0.4 is 0 Å². The number of esters is 1. The number of cyclic esters (lactones) is 1. The first-order valence-electron chi connectivity index (χ1n) is 17.9. The summed E-state index contributed by atoms with van der Waals surface area (Å²) in [7, 11) is 5.37. The monoisotopic (exact) mass is 697 g/mol. The summed E-state index contributed by atoms with van der Waals surface area (Å²) < 4.78 is 44.6. The Morgan fingerprint density at radius 3 is 2.27 bits per heavy atom. The van der Waals surface area contributed by atoms with Crippen LogP contribution in [0.3, 0.4) is 0 Å². The number of likely N-dealkylation sites (N-methyl/N-ethyl adjacent to an activating group) is 1. The van der Waals surface area contributed by atoms with E-state index in [-0.39, 0.29) is 24.5 Å². The van der Waals surface area contributed by atoms with Crippen molar-refractivity contribution in [1.82, 2.24) is 4.90 Å². The van der Waals surface area contributed by atoms with Gasteiger partial charge in [0.15, 0.2) is 18.4 Å². The van der Waals surface area contributed by atoms with Crippen molar-refractivity contribution in [2.75, 3.05) is 21.2 Å². The van der Waals surface area contributed by atoms with Crippen molar-refractivity contribution >= 4 is 5.97 Å². The molecule has 0 radical (unpaired) electrons. The molecule has 0 spiro atoms. The Balaban J connectivity index is 1.85. The molecule has 49 heavy (non-hydrogen) atoms. The fourth-order valence-electron chi connectivity index (χ4n) is 8.44. The van der Waals surface area contributed by atoms with E-state index in [4.69, 9.17) is 33.2 Å². The highest BCUT2D eigenvalue weighted by Crippen LogP contribution is 2.50. The molecule has 0 saturated carbocycles. The summed E-state index contributed by atoms with van der Waals surface area (Å²) >= 11 is 0. The van der Waals surface area contributed by atoms with Crippen LogP contribution in [0.2, 0.25) is 0 Å². The van der Waals surface area contributed by atoms with Gasteiger partial charge >= 0.3 is 5.97 Å². The number of fused-ring (bicyclic) bond motifs is 2. The summed E-state index contributed by atoms with van der Waals surface area (Å²) in [6.07, 6.45) is -2.83. The Morgan fingerprint density at radius 1 is 1.02 bits per heavy atom. The van der Waals surface area contributed by atoms with Crippen LogP contribution in [-0.4, -0.2) is 120 Å². The van der Waals surface area contributed by atoms with Crippen molar-refractivity contribution in [3.63, 3.8) is 0 Å². The highest BCUT2D eigenvalue weighted by atomic mass is 16.7. The zero-order chi connectivity index (χ0) is 36.8. The van der Waals surface area contributed by atoms with Gasteiger partial charge < -0.3 is 53.4 Å². The molecule has 0 aromatic heterocycles. The number of aliphatic hydroxyl groups excluding tert-OH is 2. The number of hydrogen-bond donors (Lipinski definition) is 3. The van der Waals surface area contributed by atoms with E-state index in [0.717, 1.165) is 0 Å². The number of aliphatic hydroxyl groups is 3. The van der Waals surface area contributed by atoms with E-state index in [1.54, 1.807) is 27.9 Å². The minimum absolute atomic E-state index is 0.199. The first-order chi connectivity index (χ1) is 22.7. The number of hydrogen-bond acceptors (Lipinski definition) is 12. The third-order valence-electron chi connectivity index (χ3n) is 11.6. The molecule has 0 aromatic rings. The molecular weight excluding hydrogens is 634 g/mol. The van der Waals surface area contributed by atoms with Crippen LogP contribution in [0.25, 0.3) is 0 Å². The molecule has 4 aliphatic rings. The maximum atomic E-state index is 14.0. The number of ether oxygens (including phenoxy) is 7. The molecule has 0 aromatic carbocycles. The zero-order valence-corrected chi connectivity index (χ0v) is 31.9. The lowest BCUT2D eigenvalue weighted by molar-refractivity contribution is -0.326. The lowest BCUT2D eigenvalue weighted by Gasteiger charge is -2.48. The minimum Gasteiger partial charge on any atom is -0.431 e. The molecular formula is C37H63NO11. The molecule has 282 valence electrons. The van der Waals surface area contributed by atoms with Crippen LogP contribution in [0.15, 0.2) is 23.0 Å². The van der Waals surface area contributed by atoms with Gasteiger partial charge in [-0.05, 0) is 86.5 Å². The van der Waals surface area contributed by atoms with E-state index >= 15 is 0 Å². The summed E-state index contributed by atoms with van der Waals surface area (Å²) in [5.74, 6) is -3.44. The van der Waals surface area contributed by atoms with E-state index in [2.05, 4.69) is 0 Å². The third kappa shape index (κ3) is 7.99. The molecule has 0 aliphatic carbocycles. The quantitative estimate of drug-likeness (QED) is 0.330. The molecule has 3 N–H and O–H groups in total.